The molecule has 180 valence electrons. The number of hydrogen-bond acceptors (Lipinski definition) is 5. The van der Waals surface area contributed by atoms with Crippen LogP contribution in [0.4, 0.5) is 10.5 Å². The van der Waals surface area contributed by atoms with Crippen molar-refractivity contribution in [3.05, 3.63) is 24.3 Å². The summed E-state index contributed by atoms with van der Waals surface area (Å²) in [5, 5.41) is 5.51. The molecule has 1 aliphatic carbocycles. The molecule has 33 heavy (non-hydrogen) atoms. The van der Waals surface area contributed by atoms with Crippen LogP contribution in [-0.4, -0.2) is 60.6 Å². The number of hydrogen-bond donors (Lipinski definition) is 2. The first-order valence-electron chi connectivity index (χ1n) is 11.6. The van der Waals surface area contributed by atoms with Crippen LogP contribution in [0, 0.1) is 11.8 Å². The Morgan fingerprint density at radius 1 is 1.09 bits per heavy atom. The highest BCUT2D eigenvalue weighted by Gasteiger charge is 2.52. The number of anilines is 1. The van der Waals surface area contributed by atoms with Crippen LogP contribution in [0.15, 0.2) is 29.2 Å². The van der Waals surface area contributed by atoms with Crippen LogP contribution < -0.4 is 10.6 Å². The molecular weight excluding hydrogens is 444 g/mol. The number of nitrogens with one attached hydrogen (secondary N) is 2. The topological polar surface area (TPSA) is 116 Å². The van der Waals surface area contributed by atoms with E-state index >= 15 is 0 Å². The van der Waals surface area contributed by atoms with Crippen molar-refractivity contribution >= 4 is 33.6 Å². The minimum absolute atomic E-state index is 0.00996. The molecule has 3 aliphatic rings. The maximum atomic E-state index is 13.0. The maximum absolute atomic E-state index is 13.0. The first kappa shape index (κ1) is 23.7. The Kier molecular flexibility index (Phi) is 6.50. The first-order chi connectivity index (χ1) is 15.6. The number of benzene rings is 1. The number of imide groups is 1. The fourth-order valence-electron chi connectivity index (χ4n) is 5.29. The molecule has 2 N–H and O–H groups in total. The van der Waals surface area contributed by atoms with Crippen molar-refractivity contribution in [1.82, 2.24) is 14.5 Å². The number of nitrogens with zero attached hydrogens (tertiary/aromatic N) is 2. The van der Waals surface area contributed by atoms with E-state index in [2.05, 4.69) is 24.5 Å². The lowest BCUT2D eigenvalue weighted by molar-refractivity contribution is -0.131. The van der Waals surface area contributed by atoms with Gasteiger partial charge in [0.1, 0.15) is 5.54 Å². The molecule has 2 aliphatic heterocycles. The van der Waals surface area contributed by atoms with Gasteiger partial charge in [-0.3, -0.25) is 14.5 Å². The van der Waals surface area contributed by atoms with E-state index in [0.29, 0.717) is 43.5 Å². The Labute approximate surface area is 194 Å². The Morgan fingerprint density at radius 2 is 1.70 bits per heavy atom. The zero-order valence-electron chi connectivity index (χ0n) is 19.2. The Hall–Kier alpha value is -2.46. The molecule has 0 bridgehead atoms. The van der Waals surface area contributed by atoms with Gasteiger partial charge >= 0.3 is 6.03 Å². The number of piperidine rings is 1. The monoisotopic (exact) mass is 476 g/mol. The molecule has 3 fully saturated rings. The quantitative estimate of drug-likeness (QED) is 0.612. The van der Waals surface area contributed by atoms with Gasteiger partial charge in [-0.15, -0.1) is 0 Å². The smallest absolute Gasteiger partial charge is 0.325 e. The van der Waals surface area contributed by atoms with Crippen LogP contribution in [0.3, 0.4) is 0 Å². The van der Waals surface area contributed by atoms with Crippen LogP contribution in [0.25, 0.3) is 0 Å². The third-order valence-corrected chi connectivity index (χ3v) is 8.72. The molecule has 1 aromatic rings. The number of rotatable bonds is 6. The molecule has 4 rings (SSSR count). The number of carbonyl (C=O) groups excluding carboxylic acids is 3. The summed E-state index contributed by atoms with van der Waals surface area (Å²) in [6, 6.07) is 5.67. The summed E-state index contributed by atoms with van der Waals surface area (Å²) in [4.78, 5) is 38.6. The molecule has 10 heteroatoms. The fourth-order valence-corrected chi connectivity index (χ4v) is 6.97. The van der Waals surface area contributed by atoms with Gasteiger partial charge in [-0.1, -0.05) is 26.7 Å². The van der Waals surface area contributed by atoms with Gasteiger partial charge in [-0.25, -0.2) is 13.2 Å². The van der Waals surface area contributed by atoms with Crippen LogP contribution in [0.2, 0.25) is 0 Å². The van der Waals surface area contributed by atoms with Gasteiger partial charge in [0.25, 0.3) is 5.91 Å². The summed E-state index contributed by atoms with van der Waals surface area (Å²) in [6.45, 7) is 5.15. The van der Waals surface area contributed by atoms with Gasteiger partial charge in [0.05, 0.1) is 4.90 Å². The Morgan fingerprint density at radius 3 is 2.30 bits per heavy atom. The fraction of sp³-hybridized carbons (Fsp3) is 0.609. The van der Waals surface area contributed by atoms with E-state index in [0.717, 1.165) is 24.2 Å². The predicted octanol–water partition coefficient (Wildman–Crippen LogP) is 2.55. The third-order valence-electron chi connectivity index (χ3n) is 6.88. The zero-order valence-corrected chi connectivity index (χ0v) is 20.0. The summed E-state index contributed by atoms with van der Waals surface area (Å²) < 4.78 is 27.5. The molecule has 2 atom stereocenters. The van der Waals surface area contributed by atoms with Gasteiger partial charge in [0.15, 0.2) is 0 Å². The molecule has 2 unspecified atom stereocenters. The molecule has 2 saturated heterocycles. The minimum Gasteiger partial charge on any atom is -0.326 e. The molecule has 9 nitrogen and oxygen atoms in total. The summed E-state index contributed by atoms with van der Waals surface area (Å²) in [6.07, 6.45) is 4.08. The average molecular weight is 477 g/mol. The van der Waals surface area contributed by atoms with Crippen molar-refractivity contribution in [3.63, 3.8) is 0 Å². The molecule has 2 heterocycles. The van der Waals surface area contributed by atoms with Crippen LogP contribution in [-0.2, 0) is 19.6 Å². The van der Waals surface area contributed by atoms with Crippen molar-refractivity contribution in [2.45, 2.75) is 62.8 Å². The highest BCUT2D eigenvalue weighted by atomic mass is 32.2. The van der Waals surface area contributed by atoms with E-state index in [-0.39, 0.29) is 29.7 Å². The first-order valence-corrected chi connectivity index (χ1v) is 13.1. The largest absolute Gasteiger partial charge is 0.326 e. The zero-order chi connectivity index (χ0) is 23.8. The second-order valence-electron chi connectivity index (χ2n) is 9.77. The van der Waals surface area contributed by atoms with Gasteiger partial charge in [-0.05, 0) is 55.4 Å². The second kappa shape index (κ2) is 9.06. The van der Waals surface area contributed by atoms with E-state index in [9.17, 15) is 22.8 Å². The van der Waals surface area contributed by atoms with Crippen LogP contribution >= 0.6 is 0 Å². The Balaban J connectivity index is 1.33. The third kappa shape index (κ3) is 4.77. The van der Waals surface area contributed by atoms with Gasteiger partial charge in [0.2, 0.25) is 15.9 Å². The van der Waals surface area contributed by atoms with Gasteiger partial charge in [-0.2, -0.15) is 4.31 Å². The normalized spacial score (nSPS) is 25.5. The molecular formula is C23H32N4O5S. The van der Waals surface area contributed by atoms with Crippen molar-refractivity contribution in [2.24, 2.45) is 11.8 Å². The van der Waals surface area contributed by atoms with Crippen molar-refractivity contribution in [2.75, 3.05) is 25.0 Å². The van der Waals surface area contributed by atoms with Crippen molar-refractivity contribution < 1.29 is 22.8 Å². The minimum atomic E-state index is -3.59. The number of sulfonamides is 1. The van der Waals surface area contributed by atoms with E-state index in [1.54, 1.807) is 12.1 Å². The SMILES string of the molecule is CC1CC(C)CN(S(=O)(=O)c2ccc(NC(=O)CCN3C(=O)NC4(CCCC4)C3=O)cc2)C1. The Bertz CT molecular complexity index is 1020. The van der Waals surface area contributed by atoms with Gasteiger partial charge < -0.3 is 10.6 Å². The van der Waals surface area contributed by atoms with E-state index in [1.807, 2.05) is 0 Å². The summed E-state index contributed by atoms with van der Waals surface area (Å²) >= 11 is 0. The van der Waals surface area contributed by atoms with Gasteiger partial charge in [0, 0.05) is 31.7 Å². The summed E-state index contributed by atoms with van der Waals surface area (Å²) in [5.41, 5.74) is -0.317. The molecule has 0 aromatic heterocycles. The molecule has 1 aromatic carbocycles. The molecule has 1 spiro atoms. The summed E-state index contributed by atoms with van der Waals surface area (Å²) in [5.74, 6) is 0.0383. The lowest BCUT2D eigenvalue weighted by atomic mass is 9.94. The number of urea groups is 1. The predicted molar refractivity (Wildman–Crippen MR) is 123 cm³/mol. The standard InChI is InChI=1S/C23H32N4O5S/c1-16-13-17(2)15-26(14-16)33(31,32)19-7-5-18(6-8-19)24-20(28)9-12-27-21(29)23(25-22(27)30)10-3-4-11-23/h5-8,16-17H,3-4,9-15H2,1-2H3,(H,24,28)(H,25,30). The highest BCUT2D eigenvalue weighted by molar-refractivity contribution is 7.89. The molecule has 0 radical (unpaired) electrons. The van der Waals surface area contributed by atoms with E-state index < -0.39 is 21.6 Å². The molecule has 1 saturated carbocycles. The summed E-state index contributed by atoms with van der Waals surface area (Å²) in [7, 11) is -3.59. The van der Waals surface area contributed by atoms with Crippen molar-refractivity contribution in [3.8, 4) is 0 Å². The second-order valence-corrected chi connectivity index (χ2v) is 11.7. The lowest BCUT2D eigenvalue weighted by Gasteiger charge is -2.34. The van der Waals surface area contributed by atoms with E-state index in [1.165, 1.54) is 16.4 Å². The van der Waals surface area contributed by atoms with Crippen molar-refractivity contribution in [1.29, 1.82) is 0 Å². The van der Waals surface area contributed by atoms with Crippen LogP contribution in [0.1, 0.15) is 52.4 Å². The molecule has 4 amide bonds. The van der Waals surface area contributed by atoms with Crippen LogP contribution in [0.5, 0.6) is 0 Å². The number of amides is 4. The number of carbonyl (C=O) groups is 3. The maximum Gasteiger partial charge on any atom is 0.325 e. The average Bonchev–Trinajstić information content (AvgIpc) is 3.31. The lowest BCUT2D eigenvalue weighted by Crippen LogP contribution is -2.44. The van der Waals surface area contributed by atoms with E-state index in [4.69, 9.17) is 0 Å². The highest BCUT2D eigenvalue weighted by Crippen LogP contribution is 2.35.